The van der Waals surface area contributed by atoms with Crippen LogP contribution in [0.3, 0.4) is 0 Å². The van der Waals surface area contributed by atoms with Crippen molar-refractivity contribution < 1.29 is 19.1 Å². The Bertz CT molecular complexity index is 590. The van der Waals surface area contributed by atoms with Crippen molar-refractivity contribution in [1.82, 2.24) is 0 Å². The predicted octanol–water partition coefficient (Wildman–Crippen LogP) is 2.53. The smallest absolute Gasteiger partial charge is 0.234 e. The van der Waals surface area contributed by atoms with Gasteiger partial charge in [-0.05, 0) is 37.3 Å². The largest absolute Gasteiger partial charge is 0.397 e. The molecule has 1 aromatic carbocycles. The molecule has 0 aromatic heterocycles. The van der Waals surface area contributed by atoms with Crippen LogP contribution in [0.4, 0.5) is 11.4 Å². The van der Waals surface area contributed by atoms with E-state index in [9.17, 15) is 14.4 Å². The van der Waals surface area contributed by atoms with E-state index >= 15 is 0 Å². The number of rotatable bonds is 11. The quantitative estimate of drug-likeness (QED) is 0.361. The Morgan fingerprint density at radius 1 is 1.25 bits per heavy atom. The number of carbonyl (C=O) groups excluding carboxylic acids is 3. The van der Waals surface area contributed by atoms with Gasteiger partial charge in [-0.3, -0.25) is 9.59 Å². The van der Waals surface area contributed by atoms with E-state index in [1.54, 1.807) is 25.3 Å². The number of ether oxygens (including phenoxy) is 1. The Morgan fingerprint density at radius 3 is 2.67 bits per heavy atom. The van der Waals surface area contributed by atoms with Gasteiger partial charge in [-0.2, -0.15) is 11.8 Å². The predicted molar refractivity (Wildman–Crippen MR) is 97.5 cm³/mol. The summed E-state index contributed by atoms with van der Waals surface area (Å²) in [5.74, 6) is 0.802. The minimum absolute atomic E-state index is 0.0298. The van der Waals surface area contributed by atoms with Crippen molar-refractivity contribution in [2.24, 2.45) is 0 Å². The van der Waals surface area contributed by atoms with Gasteiger partial charge in [-0.25, -0.2) is 0 Å². The van der Waals surface area contributed by atoms with Gasteiger partial charge in [-0.15, -0.1) is 0 Å². The van der Waals surface area contributed by atoms with Gasteiger partial charge in [-0.1, -0.05) is 0 Å². The average Bonchev–Trinajstić information content (AvgIpc) is 2.54. The van der Waals surface area contributed by atoms with Crippen LogP contribution in [0, 0.1) is 0 Å². The van der Waals surface area contributed by atoms with Gasteiger partial charge < -0.3 is 20.6 Å². The van der Waals surface area contributed by atoms with Crippen LogP contribution >= 0.6 is 11.8 Å². The van der Waals surface area contributed by atoms with Crippen molar-refractivity contribution >= 4 is 40.6 Å². The number of thioether (sulfide) groups is 1. The van der Waals surface area contributed by atoms with Crippen LogP contribution in [0.15, 0.2) is 18.2 Å². The van der Waals surface area contributed by atoms with Crippen LogP contribution in [-0.2, 0) is 14.3 Å². The summed E-state index contributed by atoms with van der Waals surface area (Å²) >= 11 is 1.51. The first-order valence-corrected chi connectivity index (χ1v) is 8.88. The van der Waals surface area contributed by atoms with E-state index in [2.05, 4.69) is 5.32 Å². The zero-order valence-electron chi connectivity index (χ0n) is 14.1. The van der Waals surface area contributed by atoms with Crippen molar-refractivity contribution in [2.45, 2.75) is 26.2 Å². The number of carbonyl (C=O) groups is 3. The normalized spacial score (nSPS) is 10.4. The molecular formula is C17H24N2O4S. The number of benzene rings is 1. The third-order valence-electron chi connectivity index (χ3n) is 3.22. The van der Waals surface area contributed by atoms with Crippen LogP contribution < -0.4 is 11.1 Å². The Kier molecular flexibility index (Phi) is 9.11. The molecule has 0 unspecified atom stereocenters. The van der Waals surface area contributed by atoms with Gasteiger partial charge >= 0.3 is 0 Å². The van der Waals surface area contributed by atoms with E-state index < -0.39 is 0 Å². The molecule has 0 bridgehead atoms. The van der Waals surface area contributed by atoms with E-state index in [0.29, 0.717) is 29.3 Å². The molecule has 0 saturated carbocycles. The molecular weight excluding hydrogens is 328 g/mol. The number of amides is 1. The maximum absolute atomic E-state index is 12.0. The highest BCUT2D eigenvalue weighted by atomic mass is 32.2. The molecule has 1 aromatic rings. The summed E-state index contributed by atoms with van der Waals surface area (Å²) in [7, 11) is 1.64. The van der Waals surface area contributed by atoms with E-state index in [0.717, 1.165) is 12.2 Å². The molecule has 0 heterocycles. The lowest BCUT2D eigenvalue weighted by Gasteiger charge is -2.10. The number of anilines is 2. The first-order chi connectivity index (χ1) is 11.4. The lowest BCUT2D eigenvalue weighted by atomic mass is 10.0. The van der Waals surface area contributed by atoms with Crippen molar-refractivity contribution in [3.8, 4) is 0 Å². The molecule has 24 heavy (non-hydrogen) atoms. The molecule has 7 heteroatoms. The Labute approximate surface area is 146 Å². The fraction of sp³-hybridized carbons (Fsp3) is 0.471. The number of methoxy groups -OCH3 is 1. The van der Waals surface area contributed by atoms with Gasteiger partial charge in [0.25, 0.3) is 0 Å². The Balaban J connectivity index is 2.57. The minimum atomic E-state index is -0.169. The second kappa shape index (κ2) is 10.8. The van der Waals surface area contributed by atoms with Gasteiger partial charge in [0.15, 0.2) is 5.78 Å². The molecule has 3 N–H and O–H groups in total. The summed E-state index contributed by atoms with van der Waals surface area (Å²) in [6.45, 7) is 2.12. The highest BCUT2D eigenvalue weighted by Crippen LogP contribution is 2.21. The lowest BCUT2D eigenvalue weighted by molar-refractivity contribution is -0.117. The maximum Gasteiger partial charge on any atom is 0.234 e. The SMILES string of the molecule is COCCCSCC(=O)Nc1cc(C(=O)CCC(C)=O)ccc1N. The van der Waals surface area contributed by atoms with E-state index in [1.165, 1.54) is 18.7 Å². The fourth-order valence-electron chi connectivity index (χ4n) is 1.93. The highest BCUT2D eigenvalue weighted by Gasteiger charge is 2.11. The first kappa shape index (κ1) is 20.2. The molecule has 0 saturated heterocycles. The van der Waals surface area contributed by atoms with Crippen molar-refractivity contribution in [3.63, 3.8) is 0 Å². The maximum atomic E-state index is 12.0. The average molecular weight is 352 g/mol. The lowest BCUT2D eigenvalue weighted by Crippen LogP contribution is -2.16. The number of ketones is 2. The molecule has 0 fully saturated rings. The number of hydrogen-bond donors (Lipinski definition) is 2. The highest BCUT2D eigenvalue weighted by molar-refractivity contribution is 7.99. The van der Waals surface area contributed by atoms with Crippen LogP contribution in [0.1, 0.15) is 36.5 Å². The van der Waals surface area contributed by atoms with Crippen LogP contribution in [0.5, 0.6) is 0 Å². The van der Waals surface area contributed by atoms with Crippen molar-refractivity contribution in [1.29, 1.82) is 0 Å². The van der Waals surface area contributed by atoms with Gasteiger partial charge in [0.2, 0.25) is 5.91 Å². The summed E-state index contributed by atoms with van der Waals surface area (Å²) in [5.41, 5.74) is 7.11. The van der Waals surface area contributed by atoms with Gasteiger partial charge in [0.05, 0.1) is 17.1 Å². The summed E-state index contributed by atoms with van der Waals surface area (Å²) < 4.78 is 4.95. The van der Waals surface area contributed by atoms with E-state index in [-0.39, 0.29) is 30.3 Å². The third kappa shape index (κ3) is 7.61. The standard InChI is InChI=1S/C17H24N2O4S/c1-12(20)4-7-16(21)13-5-6-14(18)15(10-13)19-17(22)11-24-9-3-8-23-2/h5-6,10H,3-4,7-9,11,18H2,1-2H3,(H,19,22). The summed E-state index contributed by atoms with van der Waals surface area (Å²) in [4.78, 5) is 35.0. The molecule has 0 spiro atoms. The van der Waals surface area contributed by atoms with Crippen molar-refractivity contribution in [3.05, 3.63) is 23.8 Å². The molecule has 6 nitrogen and oxygen atoms in total. The molecule has 1 amide bonds. The molecule has 0 atom stereocenters. The molecule has 0 aliphatic rings. The Hall–Kier alpha value is -1.86. The zero-order valence-corrected chi connectivity index (χ0v) is 14.9. The summed E-state index contributed by atoms with van der Waals surface area (Å²) in [5, 5.41) is 2.73. The number of nitrogen functional groups attached to an aromatic ring is 1. The third-order valence-corrected chi connectivity index (χ3v) is 4.27. The number of hydrogen-bond acceptors (Lipinski definition) is 6. The first-order valence-electron chi connectivity index (χ1n) is 7.72. The van der Waals surface area contributed by atoms with Crippen molar-refractivity contribution in [2.75, 3.05) is 36.3 Å². The zero-order chi connectivity index (χ0) is 17.9. The molecule has 132 valence electrons. The summed E-state index contributed by atoms with van der Waals surface area (Å²) in [6, 6.07) is 4.75. The fourth-order valence-corrected chi connectivity index (χ4v) is 2.65. The van der Waals surface area contributed by atoms with Crippen LogP contribution in [-0.4, -0.2) is 42.7 Å². The minimum Gasteiger partial charge on any atom is -0.397 e. The number of nitrogens with two attached hydrogens (primary N) is 1. The topological polar surface area (TPSA) is 98.5 Å². The van der Waals surface area contributed by atoms with Gasteiger partial charge in [0, 0.05) is 32.1 Å². The molecule has 1 rings (SSSR count). The molecule has 0 aliphatic heterocycles. The van der Waals surface area contributed by atoms with E-state index in [1.807, 2.05) is 0 Å². The number of Topliss-reactive ketones (excluding diaryl/α,β-unsaturated/α-hetero) is 2. The monoisotopic (exact) mass is 352 g/mol. The second-order valence-electron chi connectivity index (χ2n) is 5.37. The summed E-state index contributed by atoms with van der Waals surface area (Å²) in [6.07, 6.45) is 1.25. The molecule has 0 radical (unpaired) electrons. The Morgan fingerprint density at radius 2 is 2.00 bits per heavy atom. The van der Waals surface area contributed by atoms with Crippen LogP contribution in [0.25, 0.3) is 0 Å². The molecule has 0 aliphatic carbocycles. The van der Waals surface area contributed by atoms with Gasteiger partial charge in [0.1, 0.15) is 5.78 Å². The van der Waals surface area contributed by atoms with E-state index in [4.69, 9.17) is 10.5 Å². The second-order valence-corrected chi connectivity index (χ2v) is 6.48. The van der Waals surface area contributed by atoms with Crippen LogP contribution in [0.2, 0.25) is 0 Å². The number of nitrogens with one attached hydrogen (secondary N) is 1.